The van der Waals surface area contributed by atoms with Gasteiger partial charge >= 0.3 is 0 Å². The fraction of sp³-hybridized carbons (Fsp3) is 0.0769. The summed E-state index contributed by atoms with van der Waals surface area (Å²) in [7, 11) is 0. The first kappa shape index (κ1) is 8.06. The number of hydrogen-bond acceptors (Lipinski definition) is 0. The van der Waals surface area contributed by atoms with E-state index in [2.05, 4.69) is 54.6 Å². The van der Waals surface area contributed by atoms with E-state index in [9.17, 15) is 0 Å². The highest BCUT2D eigenvalue weighted by Gasteiger charge is 1.91. The number of benzene rings is 2. The molecule has 64 valence electrons. The highest BCUT2D eigenvalue weighted by Crippen LogP contribution is 2.16. The van der Waals surface area contributed by atoms with Crippen molar-refractivity contribution in [2.24, 2.45) is 0 Å². The summed E-state index contributed by atoms with van der Waals surface area (Å²) >= 11 is 0. The first-order valence-corrected chi connectivity index (χ1v) is 4.51. The summed E-state index contributed by atoms with van der Waals surface area (Å²) in [6.45, 7) is 2.04. The third-order valence-electron chi connectivity index (χ3n) is 2.13. The molecule has 0 N–H and O–H groups in total. The predicted molar refractivity (Wildman–Crippen MR) is 58.7 cm³/mol. The largest absolute Gasteiger partial charge is 0.0871 e. The van der Waals surface area contributed by atoms with Crippen LogP contribution in [0.3, 0.4) is 0 Å². The lowest BCUT2D eigenvalue weighted by Gasteiger charge is -1.98. The third kappa shape index (κ3) is 1.62. The van der Waals surface area contributed by atoms with E-state index in [1.54, 1.807) is 0 Å². The predicted octanol–water partition coefficient (Wildman–Crippen LogP) is 3.87. The minimum absolute atomic E-state index is 1.27. The SMILES string of the molecule is CC=Cc1ccc2ccccc2c1. The Bertz CT molecular complexity index is 438. The summed E-state index contributed by atoms with van der Waals surface area (Å²) in [5, 5.41) is 2.61. The maximum atomic E-state index is 2.20. The third-order valence-corrected chi connectivity index (χ3v) is 2.13. The molecule has 0 amide bonds. The smallest absolute Gasteiger partial charge is 0.0178 e. The number of rotatable bonds is 1. The van der Waals surface area contributed by atoms with E-state index in [1.807, 2.05) is 6.92 Å². The van der Waals surface area contributed by atoms with E-state index in [-0.39, 0.29) is 0 Å². The van der Waals surface area contributed by atoms with Crippen LogP contribution in [0.5, 0.6) is 0 Å². The Morgan fingerprint density at radius 1 is 0.923 bits per heavy atom. The Balaban J connectivity index is 2.62. The van der Waals surface area contributed by atoms with Crippen molar-refractivity contribution < 1.29 is 0 Å². The monoisotopic (exact) mass is 168 g/mol. The number of allylic oxidation sites excluding steroid dienone is 1. The van der Waals surface area contributed by atoms with Gasteiger partial charge in [0.1, 0.15) is 0 Å². The molecular weight excluding hydrogens is 156 g/mol. The van der Waals surface area contributed by atoms with E-state index in [0.29, 0.717) is 0 Å². The molecule has 0 spiro atoms. The van der Waals surface area contributed by atoms with Gasteiger partial charge in [-0.3, -0.25) is 0 Å². The van der Waals surface area contributed by atoms with Crippen molar-refractivity contribution in [3.63, 3.8) is 0 Å². The van der Waals surface area contributed by atoms with Crippen molar-refractivity contribution in [2.75, 3.05) is 0 Å². The molecule has 0 aromatic heterocycles. The van der Waals surface area contributed by atoms with E-state index >= 15 is 0 Å². The van der Waals surface area contributed by atoms with Crippen molar-refractivity contribution in [1.29, 1.82) is 0 Å². The second-order valence-electron chi connectivity index (χ2n) is 3.11. The van der Waals surface area contributed by atoms with E-state index in [0.717, 1.165) is 0 Å². The first-order chi connectivity index (χ1) is 6.40. The summed E-state index contributed by atoms with van der Waals surface area (Å²) in [6.07, 6.45) is 4.18. The lowest BCUT2D eigenvalue weighted by atomic mass is 10.1. The van der Waals surface area contributed by atoms with Gasteiger partial charge in [0.2, 0.25) is 0 Å². The van der Waals surface area contributed by atoms with Gasteiger partial charge in [0.05, 0.1) is 0 Å². The van der Waals surface area contributed by atoms with Crippen LogP contribution in [0.4, 0.5) is 0 Å². The molecule has 0 heteroatoms. The van der Waals surface area contributed by atoms with Gasteiger partial charge in [0.25, 0.3) is 0 Å². The Hall–Kier alpha value is -1.56. The highest BCUT2D eigenvalue weighted by atomic mass is 14.0. The van der Waals surface area contributed by atoms with Crippen molar-refractivity contribution in [3.8, 4) is 0 Å². The Kier molecular flexibility index (Phi) is 2.13. The van der Waals surface area contributed by atoms with Crippen LogP contribution in [0, 0.1) is 0 Å². The maximum absolute atomic E-state index is 2.20. The van der Waals surface area contributed by atoms with Crippen LogP contribution >= 0.6 is 0 Å². The number of hydrogen-bond donors (Lipinski definition) is 0. The molecule has 2 rings (SSSR count). The highest BCUT2D eigenvalue weighted by molar-refractivity contribution is 5.84. The molecule has 2 aromatic rings. The zero-order chi connectivity index (χ0) is 9.10. The van der Waals surface area contributed by atoms with E-state index < -0.39 is 0 Å². The molecule has 2 aromatic carbocycles. The van der Waals surface area contributed by atoms with Gasteiger partial charge in [-0.25, -0.2) is 0 Å². The van der Waals surface area contributed by atoms with Crippen LogP contribution < -0.4 is 0 Å². The van der Waals surface area contributed by atoms with Gasteiger partial charge in [0.15, 0.2) is 0 Å². The molecule has 0 unspecified atom stereocenters. The molecule has 0 atom stereocenters. The van der Waals surface area contributed by atoms with Gasteiger partial charge in [-0.15, -0.1) is 0 Å². The molecule has 0 bridgehead atoms. The standard InChI is InChI=1S/C13H12/c1-2-5-11-8-9-12-6-3-4-7-13(12)10-11/h2-10H,1H3. The fourth-order valence-electron chi connectivity index (χ4n) is 1.50. The molecule has 0 aliphatic carbocycles. The van der Waals surface area contributed by atoms with Crippen molar-refractivity contribution in [1.82, 2.24) is 0 Å². The van der Waals surface area contributed by atoms with Crippen LogP contribution in [0.25, 0.3) is 16.8 Å². The average Bonchev–Trinajstić information content (AvgIpc) is 2.18. The van der Waals surface area contributed by atoms with Gasteiger partial charge in [-0.2, -0.15) is 0 Å². The lowest BCUT2D eigenvalue weighted by Crippen LogP contribution is -1.74. The first-order valence-electron chi connectivity index (χ1n) is 4.51. The van der Waals surface area contributed by atoms with Crippen molar-refractivity contribution in [2.45, 2.75) is 6.92 Å². The zero-order valence-corrected chi connectivity index (χ0v) is 7.70. The van der Waals surface area contributed by atoms with Crippen LogP contribution in [0.2, 0.25) is 0 Å². The lowest BCUT2D eigenvalue weighted by molar-refractivity contribution is 1.68. The van der Waals surface area contributed by atoms with Crippen LogP contribution in [-0.4, -0.2) is 0 Å². The summed E-state index contributed by atoms with van der Waals surface area (Å²) in [6, 6.07) is 14.9. The maximum Gasteiger partial charge on any atom is -0.0178 e. The van der Waals surface area contributed by atoms with Crippen molar-refractivity contribution >= 4 is 16.8 Å². The second-order valence-corrected chi connectivity index (χ2v) is 3.11. The average molecular weight is 168 g/mol. The summed E-state index contributed by atoms with van der Waals surface area (Å²) in [5.74, 6) is 0. The minimum atomic E-state index is 1.27. The minimum Gasteiger partial charge on any atom is -0.0871 e. The van der Waals surface area contributed by atoms with Crippen LogP contribution in [0.1, 0.15) is 12.5 Å². The molecule has 0 saturated carbocycles. The zero-order valence-electron chi connectivity index (χ0n) is 7.70. The molecule has 0 nitrogen and oxygen atoms in total. The molecule has 0 fully saturated rings. The van der Waals surface area contributed by atoms with E-state index in [1.165, 1.54) is 16.3 Å². The quantitative estimate of drug-likeness (QED) is 0.606. The molecule has 13 heavy (non-hydrogen) atoms. The molecule has 0 aliphatic heterocycles. The molecular formula is C13H12. The van der Waals surface area contributed by atoms with Gasteiger partial charge in [-0.1, -0.05) is 48.6 Å². The van der Waals surface area contributed by atoms with Gasteiger partial charge < -0.3 is 0 Å². The second kappa shape index (κ2) is 3.44. The van der Waals surface area contributed by atoms with Crippen LogP contribution in [0.15, 0.2) is 48.5 Å². The normalized spacial score (nSPS) is 11.2. The molecule has 0 aliphatic rings. The van der Waals surface area contributed by atoms with Crippen LogP contribution in [-0.2, 0) is 0 Å². The molecule has 0 saturated heterocycles. The van der Waals surface area contributed by atoms with Gasteiger partial charge in [-0.05, 0) is 29.3 Å². The Labute approximate surface area is 78.5 Å². The van der Waals surface area contributed by atoms with E-state index in [4.69, 9.17) is 0 Å². The van der Waals surface area contributed by atoms with Gasteiger partial charge in [0, 0.05) is 0 Å². The Morgan fingerprint density at radius 3 is 2.46 bits per heavy atom. The molecule has 0 heterocycles. The summed E-state index contributed by atoms with van der Waals surface area (Å²) in [4.78, 5) is 0. The number of fused-ring (bicyclic) bond motifs is 1. The Morgan fingerprint density at radius 2 is 1.69 bits per heavy atom. The summed E-state index contributed by atoms with van der Waals surface area (Å²) < 4.78 is 0. The fourth-order valence-corrected chi connectivity index (χ4v) is 1.50. The topological polar surface area (TPSA) is 0 Å². The summed E-state index contributed by atoms with van der Waals surface area (Å²) in [5.41, 5.74) is 1.27. The van der Waals surface area contributed by atoms with Crippen molar-refractivity contribution in [3.05, 3.63) is 54.1 Å². The molecule has 0 radical (unpaired) electrons.